The van der Waals surface area contributed by atoms with Crippen molar-refractivity contribution in [2.45, 2.75) is 6.10 Å². The monoisotopic (exact) mass is 182 g/mol. The zero-order valence-electron chi connectivity index (χ0n) is 4.24. The fourth-order valence-electron chi connectivity index (χ4n) is 0.0781. The minimum absolute atomic E-state index is 0. The summed E-state index contributed by atoms with van der Waals surface area (Å²) < 4.78 is 0. The molecule has 3 N–H and O–H groups in total. The molecule has 9 heavy (non-hydrogen) atoms. The second kappa shape index (κ2) is 9.08. The molecule has 0 spiro atoms. The number of aliphatic hydroxyl groups excluding tert-OH is 2. The summed E-state index contributed by atoms with van der Waals surface area (Å²) in [6.07, 6.45) is -1.63. The Labute approximate surface area is 85.9 Å². The van der Waals surface area contributed by atoms with E-state index in [1.165, 1.54) is 0 Å². The maximum atomic E-state index is 9.52. The van der Waals surface area contributed by atoms with Gasteiger partial charge in [-0.05, 0) is 0 Å². The first-order valence-electron chi connectivity index (χ1n) is 1.70. The second-order valence-electron chi connectivity index (χ2n) is 1.04. The summed E-state index contributed by atoms with van der Waals surface area (Å²) in [6.45, 7) is -0.727. The molecule has 0 rings (SSSR count). The van der Waals surface area contributed by atoms with Crippen LogP contribution in [0.1, 0.15) is 0 Å². The van der Waals surface area contributed by atoms with E-state index < -0.39 is 18.7 Å². The van der Waals surface area contributed by atoms with Crippen LogP contribution in [0, 0.1) is 0 Å². The number of carbonyl (C=O) groups is 1. The van der Waals surface area contributed by atoms with Crippen LogP contribution >= 0.6 is 9.90 Å². The van der Waals surface area contributed by atoms with Crippen molar-refractivity contribution in [3.8, 4) is 0 Å². The zero-order valence-corrected chi connectivity index (χ0v) is 5.66. The van der Waals surface area contributed by atoms with Crippen LogP contribution in [-0.4, -0.2) is 71.7 Å². The molecular weight excluding hydrogens is 171 g/mol. The van der Waals surface area contributed by atoms with Gasteiger partial charge in [0.1, 0.15) is 0 Å². The van der Waals surface area contributed by atoms with Gasteiger partial charge in [-0.1, -0.05) is 0 Å². The van der Waals surface area contributed by atoms with Crippen molar-refractivity contribution in [3.63, 3.8) is 0 Å². The van der Waals surface area contributed by atoms with Gasteiger partial charge in [-0.2, -0.15) is 9.90 Å². The summed E-state index contributed by atoms with van der Waals surface area (Å²) in [5.41, 5.74) is 0. The van der Waals surface area contributed by atoms with Gasteiger partial charge in [0.2, 0.25) is 0 Å². The summed E-state index contributed by atoms with van der Waals surface area (Å²) in [4.78, 5) is 9.52. The minimum atomic E-state index is -1.63. The van der Waals surface area contributed by atoms with Crippen LogP contribution in [0.2, 0.25) is 0 Å². The number of rotatable bonds is 2. The molecule has 0 aromatic rings. The Morgan fingerprint density at radius 3 is 1.89 bits per heavy atom. The van der Waals surface area contributed by atoms with Crippen molar-refractivity contribution in [2.24, 2.45) is 0 Å². The predicted octanol–water partition coefficient (Wildman–Crippen LogP) is -2.43. The summed E-state index contributed by atoms with van der Waals surface area (Å²) in [7, 11) is 0. The van der Waals surface area contributed by atoms with Gasteiger partial charge in [0, 0.05) is 0 Å². The SMILES string of the molecule is O=C(O)C(O)CO.P.[CaH2]. The predicted molar refractivity (Wildman–Crippen MR) is 40.4 cm³/mol. The molecule has 0 saturated heterocycles. The van der Waals surface area contributed by atoms with Crippen molar-refractivity contribution < 1.29 is 20.1 Å². The van der Waals surface area contributed by atoms with Crippen molar-refractivity contribution in [3.05, 3.63) is 0 Å². The van der Waals surface area contributed by atoms with Crippen LogP contribution in [0.5, 0.6) is 0 Å². The molecule has 0 radical (unpaired) electrons. The quantitative estimate of drug-likeness (QED) is 0.328. The number of aliphatic carboxylic acids is 1. The van der Waals surface area contributed by atoms with Gasteiger partial charge < -0.3 is 15.3 Å². The molecule has 6 heteroatoms. The number of hydrogen-bond acceptors (Lipinski definition) is 3. The third-order valence-electron chi connectivity index (χ3n) is 0.458. The van der Waals surface area contributed by atoms with Gasteiger partial charge in [0.05, 0.1) is 6.61 Å². The summed E-state index contributed by atoms with van der Waals surface area (Å²) in [5.74, 6) is -1.40. The first kappa shape index (κ1) is 16.6. The molecule has 0 saturated carbocycles. The van der Waals surface area contributed by atoms with Crippen LogP contribution < -0.4 is 0 Å². The van der Waals surface area contributed by atoms with Gasteiger partial charge in [-0.15, -0.1) is 0 Å². The summed E-state index contributed by atoms with van der Waals surface area (Å²) in [5, 5.41) is 23.7. The van der Waals surface area contributed by atoms with E-state index in [9.17, 15) is 4.79 Å². The Bertz CT molecular complexity index is 78.2. The third kappa shape index (κ3) is 9.08. The van der Waals surface area contributed by atoms with Crippen molar-refractivity contribution >= 4 is 53.6 Å². The molecule has 2 unspecified atom stereocenters. The van der Waals surface area contributed by atoms with E-state index in [4.69, 9.17) is 15.3 Å². The molecule has 4 nitrogen and oxygen atoms in total. The van der Waals surface area contributed by atoms with Gasteiger partial charge in [0.15, 0.2) is 6.10 Å². The number of aliphatic hydroxyl groups is 2. The molecule has 0 aliphatic carbocycles. The van der Waals surface area contributed by atoms with Crippen molar-refractivity contribution in [1.82, 2.24) is 0 Å². The Morgan fingerprint density at radius 2 is 1.89 bits per heavy atom. The average Bonchev–Trinajstić information content (AvgIpc) is 1.65. The Balaban J connectivity index is -0.000000180. The Morgan fingerprint density at radius 1 is 1.56 bits per heavy atom. The number of hydrogen-bond donors (Lipinski definition) is 3. The third-order valence-corrected chi connectivity index (χ3v) is 0.458. The van der Waals surface area contributed by atoms with E-state index in [1.807, 2.05) is 0 Å². The molecular formula is C3H11CaO4P. The topological polar surface area (TPSA) is 77.8 Å². The van der Waals surface area contributed by atoms with Crippen LogP contribution in [0.3, 0.4) is 0 Å². The normalized spacial score (nSPS) is 10.4. The van der Waals surface area contributed by atoms with Gasteiger partial charge in [-0.25, -0.2) is 4.79 Å². The molecule has 0 heterocycles. The molecule has 0 amide bonds. The fraction of sp³-hybridized carbons (Fsp3) is 0.667. The molecule has 0 fully saturated rings. The molecule has 0 aliphatic heterocycles. The van der Waals surface area contributed by atoms with Gasteiger partial charge in [0.25, 0.3) is 0 Å². The molecule has 0 bridgehead atoms. The van der Waals surface area contributed by atoms with E-state index in [-0.39, 0.29) is 47.6 Å². The van der Waals surface area contributed by atoms with E-state index in [0.717, 1.165) is 0 Å². The summed E-state index contributed by atoms with van der Waals surface area (Å²) >= 11 is 0. The van der Waals surface area contributed by atoms with Crippen molar-refractivity contribution in [2.75, 3.05) is 6.61 Å². The van der Waals surface area contributed by atoms with Gasteiger partial charge >= 0.3 is 43.7 Å². The fourth-order valence-corrected chi connectivity index (χ4v) is 0.0781. The average molecular weight is 182 g/mol. The Hall–Kier alpha value is 1.08. The van der Waals surface area contributed by atoms with Crippen LogP contribution in [0.4, 0.5) is 0 Å². The number of carboxylic acid groups (broad SMARTS) is 1. The second-order valence-corrected chi connectivity index (χ2v) is 1.04. The molecule has 0 aliphatic rings. The summed E-state index contributed by atoms with van der Waals surface area (Å²) in [6, 6.07) is 0. The zero-order chi connectivity index (χ0) is 5.86. The Kier molecular flexibility index (Phi) is 16.7. The van der Waals surface area contributed by atoms with E-state index >= 15 is 0 Å². The maximum absolute atomic E-state index is 9.52. The van der Waals surface area contributed by atoms with E-state index in [2.05, 4.69) is 0 Å². The van der Waals surface area contributed by atoms with Crippen LogP contribution in [0.25, 0.3) is 0 Å². The van der Waals surface area contributed by atoms with E-state index in [1.54, 1.807) is 0 Å². The van der Waals surface area contributed by atoms with Crippen molar-refractivity contribution in [1.29, 1.82) is 0 Å². The molecule has 0 aromatic heterocycles. The van der Waals surface area contributed by atoms with Gasteiger partial charge in [-0.3, -0.25) is 0 Å². The molecule has 0 aromatic carbocycles. The standard InChI is InChI=1S/C3H6O4.Ca.H3P.2H/c4-1-2(5)3(6)7;;;;/h2,4-5H,1H2,(H,6,7);;1H3;;. The number of carboxylic acids is 1. The van der Waals surface area contributed by atoms with Crippen LogP contribution in [0.15, 0.2) is 0 Å². The van der Waals surface area contributed by atoms with Crippen LogP contribution in [-0.2, 0) is 4.79 Å². The first-order valence-corrected chi connectivity index (χ1v) is 1.70. The molecule has 54 valence electrons. The first-order chi connectivity index (χ1) is 3.18. The van der Waals surface area contributed by atoms with E-state index in [0.29, 0.717) is 0 Å². The molecule has 2 atom stereocenters.